The van der Waals surface area contributed by atoms with E-state index in [1.807, 2.05) is 35.2 Å². The van der Waals surface area contributed by atoms with Crippen molar-refractivity contribution >= 4 is 23.2 Å². The van der Waals surface area contributed by atoms with Gasteiger partial charge in [-0.25, -0.2) is 0 Å². The Morgan fingerprint density at radius 2 is 1.75 bits per heavy atom. The van der Waals surface area contributed by atoms with Crippen molar-refractivity contribution < 1.29 is 14.4 Å². The van der Waals surface area contributed by atoms with Gasteiger partial charge in [-0.15, -0.1) is 0 Å². The highest BCUT2D eigenvalue weighted by Crippen LogP contribution is 2.32. The van der Waals surface area contributed by atoms with Crippen LogP contribution in [0.4, 0.5) is 5.69 Å². The first-order chi connectivity index (χ1) is 13.5. The Kier molecular flexibility index (Phi) is 4.96. The third-order valence-electron chi connectivity index (χ3n) is 4.99. The zero-order valence-corrected chi connectivity index (χ0v) is 16.2. The lowest BCUT2D eigenvalue weighted by molar-refractivity contribution is 0.0745. The number of carbonyl (C=O) groups is 1. The first-order valence-electron chi connectivity index (χ1n) is 9.09. The molecule has 0 saturated carbocycles. The molecule has 0 radical (unpaired) electrons. The van der Waals surface area contributed by atoms with Crippen molar-refractivity contribution in [3.63, 3.8) is 0 Å². The van der Waals surface area contributed by atoms with Gasteiger partial charge in [0, 0.05) is 37.4 Å². The fourth-order valence-electron chi connectivity index (χ4n) is 3.45. The number of anilines is 1. The summed E-state index contributed by atoms with van der Waals surface area (Å²) in [6.07, 6.45) is 0. The quantitative estimate of drug-likeness (QED) is 0.724. The Balaban J connectivity index is 1.53. The Labute approximate surface area is 167 Å². The maximum atomic E-state index is 13.2. The molecule has 6 nitrogen and oxygen atoms in total. The zero-order chi connectivity index (χ0) is 19.7. The normalized spacial score (nSPS) is 14.4. The molecule has 28 heavy (non-hydrogen) atoms. The number of hydrogen-bond donors (Lipinski definition) is 1. The van der Waals surface area contributed by atoms with Gasteiger partial charge in [0.15, 0.2) is 0 Å². The second kappa shape index (κ2) is 7.56. The molecular weight excluding hydrogens is 378 g/mol. The summed E-state index contributed by atoms with van der Waals surface area (Å²) in [6, 6.07) is 14.4. The highest BCUT2D eigenvalue weighted by Gasteiger charge is 2.29. The minimum absolute atomic E-state index is 0.0981. The summed E-state index contributed by atoms with van der Waals surface area (Å²) in [7, 11) is 0. The number of phenolic OH excluding ortho intramolecular Hbond substituents is 1. The Bertz CT molecular complexity index is 992. The Morgan fingerprint density at radius 3 is 2.43 bits per heavy atom. The van der Waals surface area contributed by atoms with Crippen LogP contribution in [-0.2, 0) is 0 Å². The molecule has 4 rings (SSSR count). The predicted molar refractivity (Wildman–Crippen MR) is 108 cm³/mol. The molecule has 1 aromatic heterocycles. The number of hydrogen-bond acceptors (Lipinski definition) is 5. The predicted octanol–water partition coefficient (Wildman–Crippen LogP) is 3.97. The van der Waals surface area contributed by atoms with Gasteiger partial charge in [-0.1, -0.05) is 35.0 Å². The van der Waals surface area contributed by atoms with Crippen molar-refractivity contribution in [1.29, 1.82) is 0 Å². The molecule has 0 aliphatic carbocycles. The van der Waals surface area contributed by atoms with Crippen LogP contribution >= 0.6 is 11.6 Å². The van der Waals surface area contributed by atoms with Gasteiger partial charge in [0.25, 0.3) is 5.91 Å². The molecule has 2 heterocycles. The van der Waals surface area contributed by atoms with Crippen LogP contribution < -0.4 is 4.90 Å². The second-order valence-electron chi connectivity index (χ2n) is 6.74. The van der Waals surface area contributed by atoms with Gasteiger partial charge in [-0.3, -0.25) is 4.79 Å². The first-order valence-corrected chi connectivity index (χ1v) is 9.47. The molecule has 0 atom stereocenters. The average molecular weight is 398 g/mol. The molecule has 7 heteroatoms. The Hall–Kier alpha value is -2.99. The molecule has 2 aromatic carbocycles. The van der Waals surface area contributed by atoms with Crippen LogP contribution in [0, 0.1) is 6.92 Å². The summed E-state index contributed by atoms with van der Waals surface area (Å²) in [5.74, 6) is 0.632. The van der Waals surface area contributed by atoms with Gasteiger partial charge < -0.3 is 19.4 Å². The van der Waals surface area contributed by atoms with Gasteiger partial charge in [0.2, 0.25) is 0 Å². The number of amides is 1. The maximum Gasteiger partial charge on any atom is 0.259 e. The average Bonchev–Trinajstić information content (AvgIpc) is 3.10. The minimum Gasteiger partial charge on any atom is -0.508 e. The molecule has 0 spiro atoms. The van der Waals surface area contributed by atoms with E-state index in [0.717, 1.165) is 5.69 Å². The summed E-state index contributed by atoms with van der Waals surface area (Å²) >= 11 is 6.30. The fourth-order valence-corrected chi connectivity index (χ4v) is 3.68. The number of halogens is 1. The number of rotatable bonds is 3. The molecule has 1 aliphatic rings. The number of carbonyl (C=O) groups excluding carboxylic acids is 1. The summed E-state index contributed by atoms with van der Waals surface area (Å²) < 4.78 is 5.33. The van der Waals surface area contributed by atoms with E-state index in [1.54, 1.807) is 25.1 Å². The van der Waals surface area contributed by atoms with Crippen LogP contribution in [0.1, 0.15) is 16.1 Å². The molecule has 1 amide bonds. The van der Waals surface area contributed by atoms with E-state index in [2.05, 4.69) is 10.1 Å². The summed E-state index contributed by atoms with van der Waals surface area (Å²) in [4.78, 5) is 17.2. The van der Waals surface area contributed by atoms with Crippen LogP contribution in [0.2, 0.25) is 5.02 Å². The van der Waals surface area contributed by atoms with Gasteiger partial charge >= 0.3 is 0 Å². The number of phenols is 1. The maximum absolute atomic E-state index is 13.2. The van der Waals surface area contributed by atoms with Crippen LogP contribution in [0.3, 0.4) is 0 Å². The molecule has 0 bridgehead atoms. The Morgan fingerprint density at radius 1 is 1.07 bits per heavy atom. The van der Waals surface area contributed by atoms with E-state index in [9.17, 15) is 9.90 Å². The highest BCUT2D eigenvalue weighted by atomic mass is 35.5. The van der Waals surface area contributed by atoms with E-state index in [0.29, 0.717) is 53.8 Å². The molecule has 144 valence electrons. The highest BCUT2D eigenvalue weighted by molar-refractivity contribution is 6.33. The topological polar surface area (TPSA) is 69.8 Å². The fraction of sp³-hybridized carbons (Fsp3) is 0.238. The number of aromatic nitrogens is 1. The summed E-state index contributed by atoms with van der Waals surface area (Å²) in [5, 5.41) is 14.1. The largest absolute Gasteiger partial charge is 0.508 e. The molecule has 1 aliphatic heterocycles. The third kappa shape index (κ3) is 3.43. The first kappa shape index (κ1) is 18.4. The monoisotopic (exact) mass is 397 g/mol. The minimum atomic E-state index is -0.0981. The van der Waals surface area contributed by atoms with Crippen LogP contribution in [0.15, 0.2) is 53.1 Å². The van der Waals surface area contributed by atoms with Gasteiger partial charge in [0.05, 0.1) is 5.02 Å². The molecule has 0 unspecified atom stereocenters. The zero-order valence-electron chi connectivity index (χ0n) is 15.4. The third-order valence-corrected chi connectivity index (χ3v) is 5.32. The van der Waals surface area contributed by atoms with E-state index >= 15 is 0 Å². The van der Waals surface area contributed by atoms with Crippen LogP contribution in [0.5, 0.6) is 5.75 Å². The molecular formula is C21H20ClN3O3. The van der Waals surface area contributed by atoms with Crippen LogP contribution in [0.25, 0.3) is 11.3 Å². The smallest absolute Gasteiger partial charge is 0.259 e. The van der Waals surface area contributed by atoms with E-state index in [1.165, 1.54) is 0 Å². The van der Waals surface area contributed by atoms with Crippen molar-refractivity contribution in [3.05, 3.63) is 64.9 Å². The van der Waals surface area contributed by atoms with Crippen molar-refractivity contribution in [1.82, 2.24) is 10.1 Å². The standard InChI is InChI=1S/C21H20ClN3O3/c1-14-19(20(23-28-14)17-4-2-3-5-18(17)22)21(27)25-12-10-24(11-13-25)15-6-8-16(26)9-7-15/h2-9,26H,10-13H2,1H3. The number of piperazine rings is 1. The summed E-state index contributed by atoms with van der Waals surface area (Å²) in [5.41, 5.74) is 2.66. The number of aryl methyl sites for hydroxylation is 1. The number of aromatic hydroxyl groups is 1. The lowest BCUT2D eigenvalue weighted by atomic mass is 10.0. The van der Waals surface area contributed by atoms with Crippen molar-refractivity contribution in [2.24, 2.45) is 0 Å². The van der Waals surface area contributed by atoms with Crippen molar-refractivity contribution in [2.75, 3.05) is 31.1 Å². The van der Waals surface area contributed by atoms with E-state index in [-0.39, 0.29) is 11.7 Å². The SMILES string of the molecule is Cc1onc(-c2ccccc2Cl)c1C(=O)N1CCN(c2ccc(O)cc2)CC1. The van der Waals surface area contributed by atoms with Gasteiger partial charge in [0.1, 0.15) is 22.8 Å². The van der Waals surface area contributed by atoms with Gasteiger partial charge in [-0.2, -0.15) is 0 Å². The van der Waals surface area contributed by atoms with E-state index in [4.69, 9.17) is 16.1 Å². The molecule has 1 saturated heterocycles. The molecule has 1 fully saturated rings. The van der Waals surface area contributed by atoms with Gasteiger partial charge in [-0.05, 0) is 37.3 Å². The van der Waals surface area contributed by atoms with Crippen molar-refractivity contribution in [2.45, 2.75) is 6.92 Å². The van der Waals surface area contributed by atoms with E-state index < -0.39 is 0 Å². The number of nitrogens with zero attached hydrogens (tertiary/aromatic N) is 3. The summed E-state index contributed by atoms with van der Waals surface area (Å²) in [6.45, 7) is 4.34. The number of benzene rings is 2. The molecule has 1 N–H and O–H groups in total. The van der Waals surface area contributed by atoms with Crippen LogP contribution in [-0.4, -0.2) is 47.2 Å². The lowest BCUT2D eigenvalue weighted by Crippen LogP contribution is -2.49. The second-order valence-corrected chi connectivity index (χ2v) is 7.15. The molecule has 3 aromatic rings. The van der Waals surface area contributed by atoms with Crippen molar-refractivity contribution in [3.8, 4) is 17.0 Å². The lowest BCUT2D eigenvalue weighted by Gasteiger charge is -2.36.